The van der Waals surface area contributed by atoms with Crippen molar-refractivity contribution in [2.75, 3.05) is 19.5 Å². The van der Waals surface area contributed by atoms with Crippen molar-refractivity contribution in [1.82, 2.24) is 0 Å². The molecule has 1 aromatic rings. The lowest BCUT2D eigenvalue weighted by Crippen LogP contribution is -2.18. The van der Waals surface area contributed by atoms with Gasteiger partial charge in [-0.25, -0.2) is 8.42 Å². The van der Waals surface area contributed by atoms with E-state index in [0.717, 1.165) is 19.1 Å². The first kappa shape index (κ1) is 14.2. The number of sulfone groups is 1. The van der Waals surface area contributed by atoms with Crippen LogP contribution < -0.4 is 0 Å². The van der Waals surface area contributed by atoms with Gasteiger partial charge in [-0.3, -0.25) is 4.79 Å². The number of hydrogen-bond acceptors (Lipinski definition) is 4. The van der Waals surface area contributed by atoms with Gasteiger partial charge in [0.2, 0.25) is 0 Å². The molecule has 4 nitrogen and oxygen atoms in total. The van der Waals surface area contributed by atoms with Gasteiger partial charge in [-0.2, -0.15) is 0 Å². The van der Waals surface area contributed by atoms with Crippen LogP contribution in [0.1, 0.15) is 29.6 Å². The van der Waals surface area contributed by atoms with Crippen LogP contribution in [0.4, 0.5) is 0 Å². The number of ether oxygens (including phenoxy) is 1. The van der Waals surface area contributed by atoms with Gasteiger partial charge in [-0.15, -0.1) is 0 Å². The molecule has 19 heavy (non-hydrogen) atoms. The molecule has 0 aromatic heterocycles. The largest absolute Gasteiger partial charge is 0.381 e. The number of Topliss-reactive ketones (excluding diaryl/α,β-unsaturated/α-hetero) is 1. The minimum Gasteiger partial charge on any atom is -0.381 e. The van der Waals surface area contributed by atoms with E-state index in [1.54, 1.807) is 12.1 Å². The lowest BCUT2D eigenvalue weighted by Gasteiger charge is -2.21. The Morgan fingerprint density at radius 3 is 2.63 bits per heavy atom. The zero-order chi connectivity index (χ0) is 13.9. The molecule has 1 heterocycles. The van der Waals surface area contributed by atoms with E-state index < -0.39 is 9.84 Å². The van der Waals surface area contributed by atoms with Crippen LogP contribution in [0.15, 0.2) is 29.2 Å². The SMILES string of the molecule is CS(=O)(=O)c1cccc(C(=O)CC2CCOCC2)c1. The molecule has 1 aliphatic heterocycles. The maximum atomic E-state index is 12.2. The fraction of sp³-hybridized carbons (Fsp3) is 0.500. The summed E-state index contributed by atoms with van der Waals surface area (Å²) in [6.07, 6.45) is 3.42. The molecule has 0 unspecified atom stereocenters. The maximum absolute atomic E-state index is 12.2. The highest BCUT2D eigenvalue weighted by Gasteiger charge is 2.19. The molecular formula is C14H18O4S. The Bertz CT molecular complexity index is 557. The summed E-state index contributed by atoms with van der Waals surface area (Å²) in [6.45, 7) is 1.42. The van der Waals surface area contributed by atoms with Crippen molar-refractivity contribution in [2.24, 2.45) is 5.92 Å². The van der Waals surface area contributed by atoms with Crippen LogP contribution in [0.3, 0.4) is 0 Å². The Morgan fingerprint density at radius 1 is 1.32 bits per heavy atom. The minimum atomic E-state index is -3.26. The first-order valence-electron chi connectivity index (χ1n) is 6.38. The van der Waals surface area contributed by atoms with Gasteiger partial charge in [0.15, 0.2) is 15.6 Å². The molecule has 1 saturated heterocycles. The quantitative estimate of drug-likeness (QED) is 0.793. The molecule has 0 spiro atoms. The molecule has 2 rings (SSSR count). The van der Waals surface area contributed by atoms with Crippen molar-refractivity contribution in [3.05, 3.63) is 29.8 Å². The third-order valence-electron chi connectivity index (χ3n) is 3.40. The molecule has 1 aliphatic rings. The Balaban J connectivity index is 2.10. The summed E-state index contributed by atoms with van der Waals surface area (Å²) in [4.78, 5) is 12.4. The summed E-state index contributed by atoms with van der Waals surface area (Å²) in [6, 6.07) is 6.28. The van der Waals surface area contributed by atoms with Crippen LogP contribution in [0.5, 0.6) is 0 Å². The topological polar surface area (TPSA) is 60.4 Å². The van der Waals surface area contributed by atoms with Crippen LogP contribution in [0, 0.1) is 5.92 Å². The van der Waals surface area contributed by atoms with Gasteiger partial charge in [0.05, 0.1) is 4.90 Å². The summed E-state index contributed by atoms with van der Waals surface area (Å²) >= 11 is 0. The van der Waals surface area contributed by atoms with Gasteiger partial charge >= 0.3 is 0 Å². The van der Waals surface area contributed by atoms with Crippen LogP contribution in [-0.4, -0.2) is 33.7 Å². The Hall–Kier alpha value is -1.20. The molecule has 0 amide bonds. The van der Waals surface area contributed by atoms with Crippen molar-refractivity contribution in [3.8, 4) is 0 Å². The summed E-state index contributed by atoms with van der Waals surface area (Å²) < 4.78 is 28.2. The van der Waals surface area contributed by atoms with Crippen LogP contribution in [-0.2, 0) is 14.6 Å². The van der Waals surface area contributed by atoms with E-state index in [9.17, 15) is 13.2 Å². The minimum absolute atomic E-state index is 0.0115. The number of ketones is 1. The van der Waals surface area contributed by atoms with E-state index >= 15 is 0 Å². The zero-order valence-electron chi connectivity index (χ0n) is 11.0. The molecule has 0 aliphatic carbocycles. The molecule has 0 radical (unpaired) electrons. The number of carbonyl (C=O) groups is 1. The van der Waals surface area contributed by atoms with Crippen molar-refractivity contribution < 1.29 is 17.9 Å². The number of carbonyl (C=O) groups excluding carboxylic acids is 1. The van der Waals surface area contributed by atoms with Crippen molar-refractivity contribution in [1.29, 1.82) is 0 Å². The molecule has 1 fully saturated rings. The van der Waals surface area contributed by atoms with E-state index in [1.165, 1.54) is 12.1 Å². The Kier molecular flexibility index (Phi) is 4.37. The highest BCUT2D eigenvalue weighted by molar-refractivity contribution is 7.90. The van der Waals surface area contributed by atoms with Crippen LogP contribution in [0.25, 0.3) is 0 Å². The van der Waals surface area contributed by atoms with E-state index in [1.807, 2.05) is 0 Å². The molecule has 0 N–H and O–H groups in total. The number of benzene rings is 1. The van der Waals surface area contributed by atoms with E-state index in [-0.39, 0.29) is 10.7 Å². The standard InChI is InChI=1S/C14H18O4S/c1-19(16,17)13-4-2-3-12(10-13)14(15)9-11-5-7-18-8-6-11/h2-4,10-11H,5-9H2,1H3. The van der Waals surface area contributed by atoms with E-state index in [0.29, 0.717) is 31.1 Å². The summed E-state index contributed by atoms with van der Waals surface area (Å²) in [5.41, 5.74) is 0.481. The van der Waals surface area contributed by atoms with Crippen molar-refractivity contribution in [3.63, 3.8) is 0 Å². The lowest BCUT2D eigenvalue weighted by atomic mass is 9.92. The summed E-state index contributed by atoms with van der Waals surface area (Å²) in [7, 11) is -3.26. The van der Waals surface area contributed by atoms with Gasteiger partial charge in [-0.1, -0.05) is 12.1 Å². The fourth-order valence-electron chi connectivity index (χ4n) is 2.23. The zero-order valence-corrected chi connectivity index (χ0v) is 11.8. The van der Waals surface area contributed by atoms with Gasteiger partial charge in [-0.05, 0) is 30.9 Å². The monoisotopic (exact) mass is 282 g/mol. The smallest absolute Gasteiger partial charge is 0.175 e. The van der Waals surface area contributed by atoms with Crippen molar-refractivity contribution >= 4 is 15.6 Å². The molecule has 0 atom stereocenters. The Labute approximate surface area is 113 Å². The predicted octanol–water partition coefficient (Wildman–Crippen LogP) is 2.09. The highest BCUT2D eigenvalue weighted by atomic mass is 32.2. The summed E-state index contributed by atoms with van der Waals surface area (Å²) in [5, 5.41) is 0. The molecular weight excluding hydrogens is 264 g/mol. The average molecular weight is 282 g/mol. The van der Waals surface area contributed by atoms with Gasteiger partial charge < -0.3 is 4.74 Å². The van der Waals surface area contributed by atoms with Gasteiger partial charge in [0.1, 0.15) is 0 Å². The lowest BCUT2D eigenvalue weighted by molar-refractivity contribution is 0.0601. The fourth-order valence-corrected chi connectivity index (χ4v) is 2.90. The average Bonchev–Trinajstić information content (AvgIpc) is 2.39. The van der Waals surface area contributed by atoms with E-state index in [4.69, 9.17) is 4.74 Å². The van der Waals surface area contributed by atoms with E-state index in [2.05, 4.69) is 0 Å². The maximum Gasteiger partial charge on any atom is 0.175 e. The first-order chi connectivity index (χ1) is 8.97. The number of rotatable bonds is 4. The second kappa shape index (κ2) is 5.84. The first-order valence-corrected chi connectivity index (χ1v) is 8.27. The number of hydrogen-bond donors (Lipinski definition) is 0. The predicted molar refractivity (Wildman–Crippen MR) is 72.0 cm³/mol. The molecule has 5 heteroatoms. The third-order valence-corrected chi connectivity index (χ3v) is 4.51. The normalized spacial score (nSPS) is 17.3. The summed E-state index contributed by atoms with van der Waals surface area (Å²) in [5.74, 6) is 0.362. The van der Waals surface area contributed by atoms with Gasteiger partial charge in [0.25, 0.3) is 0 Å². The van der Waals surface area contributed by atoms with Crippen LogP contribution in [0.2, 0.25) is 0 Å². The highest BCUT2D eigenvalue weighted by Crippen LogP contribution is 2.21. The molecule has 0 bridgehead atoms. The second-order valence-electron chi connectivity index (χ2n) is 4.98. The Morgan fingerprint density at radius 2 is 2.00 bits per heavy atom. The van der Waals surface area contributed by atoms with Gasteiger partial charge in [0, 0.05) is 31.5 Å². The van der Waals surface area contributed by atoms with Crippen LogP contribution >= 0.6 is 0 Å². The van der Waals surface area contributed by atoms with Crippen molar-refractivity contribution in [2.45, 2.75) is 24.2 Å². The third kappa shape index (κ3) is 3.88. The second-order valence-corrected chi connectivity index (χ2v) is 7.00. The molecule has 1 aromatic carbocycles. The molecule has 104 valence electrons. The molecule has 0 saturated carbocycles.